The van der Waals surface area contributed by atoms with Crippen LogP contribution in [0.2, 0.25) is 0 Å². The van der Waals surface area contributed by atoms with E-state index in [-0.39, 0.29) is 18.2 Å². The molecule has 0 saturated heterocycles. The highest BCUT2D eigenvalue weighted by Gasteiger charge is 2.15. The Morgan fingerprint density at radius 2 is 1.46 bits per heavy atom. The van der Waals surface area contributed by atoms with E-state index in [1.54, 1.807) is 11.0 Å². The fraction of sp³-hybridized carbons (Fsp3) is 0.0968. The van der Waals surface area contributed by atoms with Crippen LogP contribution in [0.3, 0.4) is 0 Å². The van der Waals surface area contributed by atoms with Crippen molar-refractivity contribution in [1.29, 1.82) is 0 Å². The molecular formula is C31H28N2O2. The second-order valence-corrected chi connectivity index (χ2v) is 8.42. The van der Waals surface area contributed by atoms with E-state index < -0.39 is 0 Å². The van der Waals surface area contributed by atoms with Crippen LogP contribution in [0.4, 0.5) is 11.4 Å². The number of rotatable bonds is 8. The third-order valence-corrected chi connectivity index (χ3v) is 5.56. The summed E-state index contributed by atoms with van der Waals surface area (Å²) < 4.78 is 0. The van der Waals surface area contributed by atoms with Gasteiger partial charge in [-0.15, -0.1) is 0 Å². The molecule has 0 aliphatic heterocycles. The first-order chi connectivity index (χ1) is 17.1. The van der Waals surface area contributed by atoms with Crippen LogP contribution >= 0.6 is 0 Å². The Kier molecular flexibility index (Phi) is 7.87. The molecular weight excluding hydrogens is 432 g/mol. The molecule has 2 amide bonds. The molecule has 0 radical (unpaired) electrons. The van der Waals surface area contributed by atoms with Gasteiger partial charge in [0.05, 0.1) is 13.0 Å². The van der Waals surface area contributed by atoms with Gasteiger partial charge in [-0.1, -0.05) is 84.9 Å². The van der Waals surface area contributed by atoms with Crippen LogP contribution in [0.15, 0.2) is 115 Å². The molecule has 0 aromatic heterocycles. The number of hydrogen-bond acceptors (Lipinski definition) is 2. The van der Waals surface area contributed by atoms with Gasteiger partial charge in [0, 0.05) is 17.5 Å². The molecule has 1 N–H and O–H groups in total. The van der Waals surface area contributed by atoms with Crippen LogP contribution in [0.5, 0.6) is 0 Å². The molecule has 0 fully saturated rings. The van der Waals surface area contributed by atoms with Gasteiger partial charge in [0.2, 0.25) is 5.91 Å². The van der Waals surface area contributed by atoms with Gasteiger partial charge in [-0.25, -0.2) is 0 Å². The Balaban J connectivity index is 1.54. The highest BCUT2D eigenvalue weighted by molar-refractivity contribution is 6.04. The number of aryl methyl sites for hydroxylation is 1. The summed E-state index contributed by atoms with van der Waals surface area (Å²) in [5.74, 6) is -0.225. The monoisotopic (exact) mass is 460 g/mol. The minimum absolute atomic E-state index is 0.0994. The molecule has 35 heavy (non-hydrogen) atoms. The molecule has 4 nitrogen and oxygen atoms in total. The van der Waals surface area contributed by atoms with Crippen molar-refractivity contribution in [2.24, 2.45) is 0 Å². The first-order valence-corrected chi connectivity index (χ1v) is 11.6. The van der Waals surface area contributed by atoms with Crippen molar-refractivity contribution in [2.75, 3.05) is 10.2 Å². The molecule has 0 saturated carbocycles. The predicted octanol–water partition coefficient (Wildman–Crippen LogP) is 6.42. The van der Waals surface area contributed by atoms with Crippen molar-refractivity contribution in [3.8, 4) is 0 Å². The first kappa shape index (κ1) is 23.7. The SMILES string of the molecule is Cc1cccc(NC(=O)Cc2cccc(N(Cc3ccccc3)C(=O)C=Cc3ccccc3)c2)c1. The molecule has 0 bridgehead atoms. The molecule has 174 valence electrons. The number of hydrogen-bond donors (Lipinski definition) is 1. The average Bonchev–Trinajstić information content (AvgIpc) is 2.87. The summed E-state index contributed by atoms with van der Waals surface area (Å²) in [5.41, 5.74) is 5.43. The lowest BCUT2D eigenvalue weighted by Gasteiger charge is -2.22. The van der Waals surface area contributed by atoms with E-state index >= 15 is 0 Å². The third kappa shape index (κ3) is 7.02. The summed E-state index contributed by atoms with van der Waals surface area (Å²) >= 11 is 0. The Labute approximate surface area is 206 Å². The van der Waals surface area contributed by atoms with Gasteiger partial charge in [0.15, 0.2) is 0 Å². The largest absolute Gasteiger partial charge is 0.326 e. The van der Waals surface area contributed by atoms with E-state index in [4.69, 9.17) is 0 Å². The number of amides is 2. The van der Waals surface area contributed by atoms with Crippen LogP contribution in [-0.2, 0) is 22.6 Å². The van der Waals surface area contributed by atoms with Crippen molar-refractivity contribution in [2.45, 2.75) is 19.9 Å². The highest BCUT2D eigenvalue weighted by Crippen LogP contribution is 2.21. The molecule has 0 heterocycles. The van der Waals surface area contributed by atoms with Crippen LogP contribution in [0.25, 0.3) is 6.08 Å². The van der Waals surface area contributed by atoms with Crippen molar-refractivity contribution in [3.63, 3.8) is 0 Å². The van der Waals surface area contributed by atoms with Crippen LogP contribution in [0.1, 0.15) is 22.3 Å². The summed E-state index contributed by atoms with van der Waals surface area (Å²) in [6, 6.07) is 35.0. The second kappa shape index (κ2) is 11.6. The zero-order valence-electron chi connectivity index (χ0n) is 19.7. The molecule has 0 aliphatic rings. The van der Waals surface area contributed by atoms with Crippen LogP contribution in [-0.4, -0.2) is 11.8 Å². The van der Waals surface area contributed by atoms with Crippen molar-refractivity contribution in [1.82, 2.24) is 0 Å². The van der Waals surface area contributed by atoms with E-state index in [0.717, 1.165) is 33.6 Å². The van der Waals surface area contributed by atoms with E-state index in [0.29, 0.717) is 6.54 Å². The van der Waals surface area contributed by atoms with E-state index in [1.165, 1.54) is 0 Å². The maximum Gasteiger partial charge on any atom is 0.251 e. The minimum atomic E-state index is -0.126. The van der Waals surface area contributed by atoms with Crippen molar-refractivity contribution >= 4 is 29.3 Å². The second-order valence-electron chi connectivity index (χ2n) is 8.42. The predicted molar refractivity (Wildman–Crippen MR) is 143 cm³/mol. The maximum absolute atomic E-state index is 13.3. The smallest absolute Gasteiger partial charge is 0.251 e. The molecule has 0 unspecified atom stereocenters. The Morgan fingerprint density at radius 1 is 0.771 bits per heavy atom. The molecule has 4 heteroatoms. The number of carbonyl (C=O) groups is 2. The van der Waals surface area contributed by atoms with Gasteiger partial charge in [0.25, 0.3) is 5.91 Å². The Bertz CT molecular complexity index is 1310. The van der Waals surface area contributed by atoms with Crippen LogP contribution in [0, 0.1) is 6.92 Å². The molecule has 4 aromatic carbocycles. The number of benzene rings is 4. The summed E-state index contributed by atoms with van der Waals surface area (Å²) in [6.07, 6.45) is 3.63. The number of carbonyl (C=O) groups excluding carboxylic acids is 2. The summed E-state index contributed by atoms with van der Waals surface area (Å²) in [7, 11) is 0. The standard InChI is InChI=1S/C31H28N2O2/c1-24-10-8-16-28(20-24)32-30(34)22-27-15-9-17-29(21-27)33(23-26-13-6-3-7-14-26)31(35)19-18-25-11-4-2-5-12-25/h2-21H,22-23H2,1H3,(H,32,34). The first-order valence-electron chi connectivity index (χ1n) is 11.6. The maximum atomic E-state index is 13.3. The lowest BCUT2D eigenvalue weighted by atomic mass is 10.1. The number of anilines is 2. The topological polar surface area (TPSA) is 49.4 Å². The zero-order chi connectivity index (χ0) is 24.5. The van der Waals surface area contributed by atoms with E-state index in [9.17, 15) is 9.59 Å². The summed E-state index contributed by atoms with van der Waals surface area (Å²) in [5, 5.41) is 2.95. The Hall–Kier alpha value is -4.44. The van der Waals surface area contributed by atoms with Crippen LogP contribution < -0.4 is 10.2 Å². The average molecular weight is 461 g/mol. The van der Waals surface area contributed by atoms with Gasteiger partial charge < -0.3 is 10.2 Å². The normalized spacial score (nSPS) is 10.8. The number of nitrogens with one attached hydrogen (secondary N) is 1. The van der Waals surface area contributed by atoms with E-state index in [1.807, 2.05) is 122 Å². The summed E-state index contributed by atoms with van der Waals surface area (Å²) in [6.45, 7) is 2.42. The van der Waals surface area contributed by atoms with Crippen molar-refractivity contribution < 1.29 is 9.59 Å². The lowest BCUT2D eigenvalue weighted by Crippen LogP contribution is -2.28. The molecule has 0 atom stereocenters. The van der Waals surface area contributed by atoms with Gasteiger partial charge in [-0.05, 0) is 59.5 Å². The van der Waals surface area contributed by atoms with Gasteiger partial charge in [0.1, 0.15) is 0 Å². The fourth-order valence-electron chi connectivity index (χ4n) is 3.83. The summed E-state index contributed by atoms with van der Waals surface area (Å²) in [4.78, 5) is 27.7. The van der Waals surface area contributed by atoms with Crippen molar-refractivity contribution in [3.05, 3.63) is 138 Å². The fourth-order valence-corrected chi connectivity index (χ4v) is 3.83. The lowest BCUT2D eigenvalue weighted by molar-refractivity contribution is -0.115. The highest BCUT2D eigenvalue weighted by atomic mass is 16.2. The zero-order valence-corrected chi connectivity index (χ0v) is 19.7. The minimum Gasteiger partial charge on any atom is -0.326 e. The molecule has 4 rings (SSSR count). The van der Waals surface area contributed by atoms with Gasteiger partial charge in [-0.3, -0.25) is 9.59 Å². The van der Waals surface area contributed by atoms with Gasteiger partial charge >= 0.3 is 0 Å². The molecule has 0 spiro atoms. The van der Waals surface area contributed by atoms with E-state index in [2.05, 4.69) is 5.32 Å². The third-order valence-electron chi connectivity index (χ3n) is 5.56. The van der Waals surface area contributed by atoms with Gasteiger partial charge in [-0.2, -0.15) is 0 Å². The number of nitrogens with zero attached hydrogens (tertiary/aromatic N) is 1. The quantitative estimate of drug-likeness (QED) is 0.308. The molecule has 0 aliphatic carbocycles. The molecule has 4 aromatic rings. The Morgan fingerprint density at radius 3 is 2.20 bits per heavy atom.